The molecule has 0 radical (unpaired) electrons. The van der Waals surface area contributed by atoms with E-state index in [1.807, 2.05) is 0 Å². The van der Waals surface area contributed by atoms with E-state index < -0.39 is 0 Å². The van der Waals surface area contributed by atoms with Gasteiger partial charge < -0.3 is 0 Å². The van der Waals surface area contributed by atoms with Crippen LogP contribution in [0.3, 0.4) is 0 Å². The third-order valence-electron chi connectivity index (χ3n) is 4.57. The van der Waals surface area contributed by atoms with E-state index in [-0.39, 0.29) is 5.41 Å². The summed E-state index contributed by atoms with van der Waals surface area (Å²) in [6.07, 6.45) is 3.67. The van der Waals surface area contributed by atoms with Crippen molar-refractivity contribution in [2.45, 2.75) is 47.0 Å². The Hall–Kier alpha value is -0.780. The van der Waals surface area contributed by atoms with Crippen LogP contribution in [0.25, 0.3) is 0 Å². The molecule has 1 rings (SSSR count). The van der Waals surface area contributed by atoms with Gasteiger partial charge in [0, 0.05) is 0 Å². The molecule has 0 heterocycles. The number of hydrogen-bond donors (Lipinski definition) is 0. The van der Waals surface area contributed by atoms with Gasteiger partial charge in [-0.05, 0) is 57.3 Å². The van der Waals surface area contributed by atoms with Crippen LogP contribution in [0.5, 0.6) is 0 Å². The molecule has 16 heavy (non-hydrogen) atoms. The molecule has 0 aromatic rings. The van der Waals surface area contributed by atoms with Gasteiger partial charge in [-0.1, -0.05) is 43.4 Å². The summed E-state index contributed by atoms with van der Waals surface area (Å²) in [4.78, 5) is 0. The fourth-order valence-corrected chi connectivity index (χ4v) is 3.01. The van der Waals surface area contributed by atoms with Gasteiger partial charge in [-0.3, -0.25) is 0 Å². The van der Waals surface area contributed by atoms with E-state index in [0.717, 1.165) is 0 Å². The highest BCUT2D eigenvalue weighted by Gasteiger charge is 2.40. The van der Waals surface area contributed by atoms with Gasteiger partial charge in [-0.25, -0.2) is 0 Å². The molecule has 0 bridgehead atoms. The lowest BCUT2D eigenvalue weighted by atomic mass is 9.59. The predicted octanol–water partition coefficient (Wildman–Crippen LogP) is 5.14. The molecule has 0 aromatic carbocycles. The molecule has 1 fully saturated rings. The smallest absolute Gasteiger partial charge is 0.00562 e. The summed E-state index contributed by atoms with van der Waals surface area (Å²) >= 11 is 0. The Kier molecular flexibility index (Phi) is 3.83. The van der Waals surface area contributed by atoms with Crippen molar-refractivity contribution in [3.05, 3.63) is 36.5 Å². The Labute approximate surface area is 101 Å². The Morgan fingerprint density at radius 1 is 1.06 bits per heavy atom. The van der Waals surface area contributed by atoms with Gasteiger partial charge in [-0.15, -0.1) is 0 Å². The minimum absolute atomic E-state index is 0.248. The highest BCUT2D eigenvalue weighted by molar-refractivity contribution is 5.19. The van der Waals surface area contributed by atoms with Crippen molar-refractivity contribution >= 4 is 0 Å². The van der Waals surface area contributed by atoms with Crippen LogP contribution >= 0.6 is 0 Å². The molecule has 0 saturated heterocycles. The zero-order valence-corrected chi connectivity index (χ0v) is 11.4. The van der Waals surface area contributed by atoms with Gasteiger partial charge in [0.1, 0.15) is 0 Å². The lowest BCUT2D eigenvalue weighted by molar-refractivity contribution is 0.157. The second-order valence-electron chi connectivity index (χ2n) is 5.91. The molecule has 1 aliphatic carbocycles. The summed E-state index contributed by atoms with van der Waals surface area (Å²) in [6.45, 7) is 21.3. The summed E-state index contributed by atoms with van der Waals surface area (Å²) in [5.74, 6) is 1.24. The summed E-state index contributed by atoms with van der Waals surface area (Å²) in [5, 5.41) is 0. The quantitative estimate of drug-likeness (QED) is 0.575. The van der Waals surface area contributed by atoms with E-state index in [4.69, 9.17) is 0 Å². The molecule has 0 N–H and O–H groups in total. The minimum Gasteiger partial charge on any atom is -0.0999 e. The van der Waals surface area contributed by atoms with Crippen LogP contribution in [0.4, 0.5) is 0 Å². The third-order valence-corrected chi connectivity index (χ3v) is 4.57. The standard InChI is InChI=1S/C16H26/c1-11(2)14-8-9-16(7,13(5)6)15(10-14)12(3)4/h14-15H,1,3,5,8-10H2,2,4,6-7H3/t14-,15+,16-/m0/s1. The monoisotopic (exact) mass is 218 g/mol. The van der Waals surface area contributed by atoms with E-state index in [9.17, 15) is 0 Å². The highest BCUT2D eigenvalue weighted by Crippen LogP contribution is 2.51. The van der Waals surface area contributed by atoms with Crippen molar-refractivity contribution in [1.29, 1.82) is 0 Å². The topological polar surface area (TPSA) is 0 Å². The third kappa shape index (κ3) is 2.31. The number of allylic oxidation sites excluding steroid dienone is 3. The summed E-state index contributed by atoms with van der Waals surface area (Å²) in [6, 6.07) is 0. The summed E-state index contributed by atoms with van der Waals surface area (Å²) in [7, 11) is 0. The predicted molar refractivity (Wildman–Crippen MR) is 73.4 cm³/mol. The van der Waals surface area contributed by atoms with Gasteiger partial charge in [0.05, 0.1) is 0 Å². The average molecular weight is 218 g/mol. The van der Waals surface area contributed by atoms with Crippen molar-refractivity contribution < 1.29 is 0 Å². The Bertz CT molecular complexity index is 321. The van der Waals surface area contributed by atoms with Crippen LogP contribution in [-0.4, -0.2) is 0 Å². The zero-order chi connectivity index (χ0) is 12.5. The second-order valence-corrected chi connectivity index (χ2v) is 5.91. The van der Waals surface area contributed by atoms with Crippen LogP contribution in [0.1, 0.15) is 47.0 Å². The van der Waals surface area contributed by atoms with E-state index in [2.05, 4.69) is 47.4 Å². The van der Waals surface area contributed by atoms with Crippen LogP contribution in [0.2, 0.25) is 0 Å². The molecule has 0 aliphatic heterocycles. The molecule has 90 valence electrons. The minimum atomic E-state index is 0.248. The highest BCUT2D eigenvalue weighted by atomic mass is 14.4. The van der Waals surface area contributed by atoms with E-state index >= 15 is 0 Å². The van der Waals surface area contributed by atoms with Gasteiger partial charge in [0.25, 0.3) is 0 Å². The van der Waals surface area contributed by atoms with Gasteiger partial charge in [0.2, 0.25) is 0 Å². The van der Waals surface area contributed by atoms with Crippen LogP contribution in [-0.2, 0) is 0 Å². The Morgan fingerprint density at radius 2 is 1.62 bits per heavy atom. The Morgan fingerprint density at radius 3 is 2.00 bits per heavy atom. The van der Waals surface area contributed by atoms with Crippen LogP contribution < -0.4 is 0 Å². The first kappa shape index (κ1) is 13.3. The van der Waals surface area contributed by atoms with Crippen molar-refractivity contribution in [1.82, 2.24) is 0 Å². The first-order valence-corrected chi connectivity index (χ1v) is 6.25. The molecule has 0 aromatic heterocycles. The van der Waals surface area contributed by atoms with Crippen LogP contribution in [0.15, 0.2) is 36.5 Å². The number of hydrogen-bond acceptors (Lipinski definition) is 0. The molecule has 3 atom stereocenters. The van der Waals surface area contributed by atoms with Gasteiger partial charge in [-0.2, -0.15) is 0 Å². The molecular formula is C16H26. The largest absolute Gasteiger partial charge is 0.0999 e. The van der Waals surface area contributed by atoms with Gasteiger partial charge >= 0.3 is 0 Å². The zero-order valence-electron chi connectivity index (χ0n) is 11.4. The molecule has 0 unspecified atom stereocenters. The van der Waals surface area contributed by atoms with E-state index in [1.165, 1.54) is 36.0 Å². The number of rotatable bonds is 3. The van der Waals surface area contributed by atoms with Crippen molar-refractivity contribution in [3.63, 3.8) is 0 Å². The first-order chi connectivity index (χ1) is 7.29. The molecular weight excluding hydrogens is 192 g/mol. The normalized spacial score (nSPS) is 34.5. The molecule has 0 heteroatoms. The molecule has 0 spiro atoms. The summed E-state index contributed by atoms with van der Waals surface area (Å²) in [5.41, 5.74) is 4.18. The SMILES string of the molecule is C=C(C)[C@H]1CC[C@@](C)(C(=C)C)[C@@H](C(=C)C)C1. The van der Waals surface area contributed by atoms with Crippen molar-refractivity contribution in [2.24, 2.45) is 17.3 Å². The average Bonchev–Trinajstić information content (AvgIpc) is 2.17. The maximum atomic E-state index is 4.19. The molecule has 1 saturated carbocycles. The molecule has 1 aliphatic rings. The molecule has 0 amide bonds. The fraction of sp³-hybridized carbons (Fsp3) is 0.625. The van der Waals surface area contributed by atoms with E-state index in [1.54, 1.807) is 0 Å². The molecule has 0 nitrogen and oxygen atoms in total. The van der Waals surface area contributed by atoms with Gasteiger partial charge in [0.15, 0.2) is 0 Å². The summed E-state index contributed by atoms with van der Waals surface area (Å²) < 4.78 is 0. The van der Waals surface area contributed by atoms with Crippen molar-refractivity contribution in [2.75, 3.05) is 0 Å². The maximum Gasteiger partial charge on any atom is -0.00562 e. The lowest BCUT2D eigenvalue weighted by Crippen LogP contribution is -2.36. The fourth-order valence-electron chi connectivity index (χ4n) is 3.01. The Balaban J connectivity index is 2.96. The maximum absolute atomic E-state index is 4.19. The lowest BCUT2D eigenvalue weighted by Gasteiger charge is -2.46. The first-order valence-electron chi connectivity index (χ1n) is 6.25. The second kappa shape index (κ2) is 4.61. The van der Waals surface area contributed by atoms with E-state index in [0.29, 0.717) is 11.8 Å². The van der Waals surface area contributed by atoms with Crippen molar-refractivity contribution in [3.8, 4) is 0 Å². The van der Waals surface area contributed by atoms with Crippen LogP contribution in [0, 0.1) is 17.3 Å².